The Morgan fingerprint density at radius 1 is 0.488 bits per heavy atom. The maximum atomic E-state index is 2.46. The summed E-state index contributed by atoms with van der Waals surface area (Å²) in [6.07, 6.45) is 12.7. The first-order valence-electron chi connectivity index (χ1n) is 16.9. The lowest BCUT2D eigenvalue weighted by Gasteiger charge is -2.35. The Hall–Kier alpha value is -3.64. The average molecular weight is 565 g/mol. The SMILES string of the molecule is CCCCCCc1ccc(C2(c3ccc(CCCCCC)cc3)c3cc(C)ccc3-c3ccc4cc(C)ccc4c32)cc1. The van der Waals surface area contributed by atoms with Gasteiger partial charge in [0.25, 0.3) is 0 Å². The maximum absolute atomic E-state index is 2.46. The molecule has 0 aromatic heterocycles. The van der Waals surface area contributed by atoms with Gasteiger partial charge in [0, 0.05) is 0 Å². The highest BCUT2D eigenvalue weighted by molar-refractivity contribution is 6.00. The third kappa shape index (κ3) is 5.58. The molecular weight excluding hydrogens is 516 g/mol. The molecule has 1 aliphatic rings. The summed E-state index contributed by atoms with van der Waals surface area (Å²) in [5.41, 5.74) is 13.5. The van der Waals surface area contributed by atoms with Crippen molar-refractivity contribution in [1.29, 1.82) is 0 Å². The fraction of sp³-hybridized carbons (Fsp3) is 0.349. The van der Waals surface area contributed by atoms with Gasteiger partial charge in [-0.1, -0.05) is 161 Å². The number of fused-ring (bicyclic) bond motifs is 5. The molecule has 5 aromatic rings. The average Bonchev–Trinajstić information content (AvgIpc) is 3.32. The fourth-order valence-electron chi connectivity index (χ4n) is 7.54. The van der Waals surface area contributed by atoms with Gasteiger partial charge in [-0.3, -0.25) is 0 Å². The van der Waals surface area contributed by atoms with Crippen LogP contribution in [0.4, 0.5) is 0 Å². The zero-order valence-electron chi connectivity index (χ0n) is 26.8. The van der Waals surface area contributed by atoms with E-state index < -0.39 is 0 Å². The second kappa shape index (κ2) is 12.9. The molecule has 220 valence electrons. The van der Waals surface area contributed by atoms with E-state index in [1.54, 1.807) is 0 Å². The Morgan fingerprint density at radius 3 is 1.60 bits per heavy atom. The summed E-state index contributed by atoms with van der Waals surface area (Å²) in [7, 11) is 0. The van der Waals surface area contributed by atoms with E-state index in [0.29, 0.717) is 0 Å². The van der Waals surface area contributed by atoms with E-state index in [-0.39, 0.29) is 5.41 Å². The van der Waals surface area contributed by atoms with E-state index in [9.17, 15) is 0 Å². The van der Waals surface area contributed by atoms with Crippen molar-refractivity contribution in [2.75, 3.05) is 0 Å². The molecule has 0 unspecified atom stereocenters. The minimum atomic E-state index is -0.368. The number of unbranched alkanes of at least 4 members (excludes halogenated alkanes) is 6. The molecule has 0 N–H and O–H groups in total. The Labute approximate surface area is 260 Å². The number of rotatable bonds is 12. The Bertz CT molecular complexity index is 1630. The van der Waals surface area contributed by atoms with Gasteiger partial charge in [0.2, 0.25) is 0 Å². The minimum absolute atomic E-state index is 0.368. The van der Waals surface area contributed by atoms with Crippen LogP contribution in [0.15, 0.2) is 97.1 Å². The van der Waals surface area contributed by atoms with Crippen LogP contribution in [0.2, 0.25) is 0 Å². The van der Waals surface area contributed by atoms with Gasteiger partial charge in [0.1, 0.15) is 0 Å². The van der Waals surface area contributed by atoms with Crippen molar-refractivity contribution in [3.05, 3.63) is 142 Å². The summed E-state index contributed by atoms with van der Waals surface area (Å²) < 4.78 is 0. The van der Waals surface area contributed by atoms with Crippen LogP contribution in [-0.2, 0) is 18.3 Å². The minimum Gasteiger partial charge on any atom is -0.0654 e. The Kier molecular flexibility index (Phi) is 8.85. The van der Waals surface area contributed by atoms with E-state index in [1.807, 2.05) is 0 Å². The maximum Gasteiger partial charge on any atom is 0.0719 e. The molecule has 6 rings (SSSR count). The summed E-state index contributed by atoms with van der Waals surface area (Å²) in [5.74, 6) is 0. The smallest absolute Gasteiger partial charge is 0.0654 e. The summed E-state index contributed by atoms with van der Waals surface area (Å²) in [6, 6.07) is 38.3. The second-order valence-electron chi connectivity index (χ2n) is 13.0. The van der Waals surface area contributed by atoms with Gasteiger partial charge in [0.15, 0.2) is 0 Å². The molecule has 0 atom stereocenters. The first-order chi connectivity index (χ1) is 21.1. The van der Waals surface area contributed by atoms with Crippen LogP contribution in [-0.4, -0.2) is 0 Å². The van der Waals surface area contributed by atoms with Crippen LogP contribution in [0.3, 0.4) is 0 Å². The number of aryl methyl sites for hydroxylation is 4. The van der Waals surface area contributed by atoms with Gasteiger partial charge < -0.3 is 0 Å². The van der Waals surface area contributed by atoms with Crippen LogP contribution in [0.5, 0.6) is 0 Å². The molecule has 0 heterocycles. The van der Waals surface area contributed by atoms with Crippen molar-refractivity contribution in [1.82, 2.24) is 0 Å². The zero-order chi connectivity index (χ0) is 29.8. The normalized spacial score (nSPS) is 13.3. The molecule has 0 radical (unpaired) electrons. The van der Waals surface area contributed by atoms with Crippen molar-refractivity contribution in [3.63, 3.8) is 0 Å². The van der Waals surface area contributed by atoms with Gasteiger partial charge in [0.05, 0.1) is 5.41 Å². The van der Waals surface area contributed by atoms with E-state index in [1.165, 1.54) is 118 Å². The topological polar surface area (TPSA) is 0 Å². The van der Waals surface area contributed by atoms with Crippen molar-refractivity contribution in [3.8, 4) is 11.1 Å². The van der Waals surface area contributed by atoms with Crippen molar-refractivity contribution < 1.29 is 0 Å². The quantitative estimate of drug-likeness (QED) is 0.130. The molecule has 0 saturated heterocycles. The summed E-state index contributed by atoms with van der Waals surface area (Å²) in [4.78, 5) is 0. The molecule has 5 aromatic carbocycles. The number of benzene rings is 5. The van der Waals surface area contributed by atoms with Gasteiger partial charge in [-0.15, -0.1) is 0 Å². The van der Waals surface area contributed by atoms with Crippen molar-refractivity contribution in [2.45, 2.75) is 97.3 Å². The second-order valence-corrected chi connectivity index (χ2v) is 13.0. The predicted molar refractivity (Wildman–Crippen MR) is 186 cm³/mol. The lowest BCUT2D eigenvalue weighted by molar-refractivity contribution is 0.666. The highest BCUT2D eigenvalue weighted by Gasteiger charge is 2.47. The molecule has 1 aliphatic carbocycles. The molecule has 0 aliphatic heterocycles. The molecule has 0 spiro atoms. The zero-order valence-corrected chi connectivity index (χ0v) is 26.8. The van der Waals surface area contributed by atoms with E-state index in [2.05, 4.69) is 125 Å². The molecule has 0 heteroatoms. The first kappa shape index (κ1) is 29.4. The lowest BCUT2D eigenvalue weighted by atomic mass is 9.66. The lowest BCUT2D eigenvalue weighted by Crippen LogP contribution is -2.29. The van der Waals surface area contributed by atoms with E-state index in [4.69, 9.17) is 0 Å². The Balaban J connectivity index is 1.55. The monoisotopic (exact) mass is 564 g/mol. The van der Waals surface area contributed by atoms with Crippen molar-refractivity contribution in [2.24, 2.45) is 0 Å². The molecule has 0 bridgehead atoms. The highest BCUT2D eigenvalue weighted by atomic mass is 14.5. The van der Waals surface area contributed by atoms with Crippen LogP contribution in [0, 0.1) is 13.8 Å². The Morgan fingerprint density at radius 2 is 1.02 bits per heavy atom. The summed E-state index contributed by atoms with van der Waals surface area (Å²) >= 11 is 0. The van der Waals surface area contributed by atoms with Gasteiger partial charge in [-0.25, -0.2) is 0 Å². The van der Waals surface area contributed by atoms with Crippen LogP contribution < -0.4 is 0 Å². The molecule has 0 fully saturated rings. The fourth-order valence-corrected chi connectivity index (χ4v) is 7.54. The number of hydrogen-bond donors (Lipinski definition) is 0. The highest BCUT2D eigenvalue weighted by Crippen LogP contribution is 2.58. The van der Waals surface area contributed by atoms with E-state index >= 15 is 0 Å². The molecule has 0 amide bonds. The van der Waals surface area contributed by atoms with Gasteiger partial charge in [-0.2, -0.15) is 0 Å². The van der Waals surface area contributed by atoms with Crippen molar-refractivity contribution >= 4 is 10.8 Å². The van der Waals surface area contributed by atoms with E-state index in [0.717, 1.165) is 12.8 Å². The largest absolute Gasteiger partial charge is 0.0719 e. The summed E-state index contributed by atoms with van der Waals surface area (Å²) in [6.45, 7) is 9.03. The molecule has 0 saturated carbocycles. The van der Waals surface area contributed by atoms with Crippen LogP contribution >= 0.6 is 0 Å². The van der Waals surface area contributed by atoms with Gasteiger partial charge >= 0.3 is 0 Å². The van der Waals surface area contributed by atoms with Crippen LogP contribution in [0.25, 0.3) is 21.9 Å². The third-order valence-electron chi connectivity index (χ3n) is 9.83. The standard InChI is InChI=1S/C43H48/c1-5-7-9-11-13-33-17-22-36(23-18-33)43(37-24-19-34(20-25-37)14-12-10-8-6-2)41-30-32(4)16-27-39(41)40-28-21-35-29-31(3)15-26-38(35)42(40)43/h15-30H,5-14H2,1-4H3. The third-order valence-corrected chi connectivity index (χ3v) is 9.83. The molecular formula is C43H48. The summed E-state index contributed by atoms with van der Waals surface area (Å²) in [5, 5.41) is 2.69. The number of hydrogen-bond acceptors (Lipinski definition) is 0. The molecule has 0 nitrogen and oxygen atoms in total. The van der Waals surface area contributed by atoms with Gasteiger partial charge in [-0.05, 0) is 94.8 Å². The molecule has 43 heavy (non-hydrogen) atoms. The first-order valence-corrected chi connectivity index (χ1v) is 16.9. The predicted octanol–water partition coefficient (Wildman–Crippen LogP) is 12.1. The van der Waals surface area contributed by atoms with Crippen LogP contribution in [0.1, 0.15) is 110 Å².